The van der Waals surface area contributed by atoms with E-state index in [2.05, 4.69) is 20.1 Å². The largest absolute Gasteiger partial charge is 0.335 e. The van der Waals surface area contributed by atoms with Crippen LogP contribution in [0, 0.1) is 20.8 Å². The topological polar surface area (TPSA) is 76.8 Å². The van der Waals surface area contributed by atoms with Gasteiger partial charge in [0.15, 0.2) is 5.69 Å². The first-order valence-electron chi connectivity index (χ1n) is 7.64. The van der Waals surface area contributed by atoms with Crippen molar-refractivity contribution in [2.75, 3.05) is 13.1 Å². The van der Waals surface area contributed by atoms with Gasteiger partial charge in [0.25, 0.3) is 5.91 Å². The van der Waals surface area contributed by atoms with Crippen molar-refractivity contribution in [2.45, 2.75) is 39.7 Å². The predicted octanol–water partition coefficient (Wildman–Crippen LogP) is 2.12. The lowest BCUT2D eigenvalue weighted by molar-refractivity contribution is 0.0665. The summed E-state index contributed by atoms with van der Waals surface area (Å²) in [4.78, 5) is 27.1. The molecule has 23 heavy (non-hydrogen) atoms. The van der Waals surface area contributed by atoms with E-state index in [0.29, 0.717) is 18.9 Å². The number of hydrogen-bond acceptors (Lipinski definition) is 5. The molecule has 0 saturated carbocycles. The maximum Gasteiger partial charge on any atom is 0.274 e. The number of carbonyl (C=O) groups is 1. The van der Waals surface area contributed by atoms with E-state index in [4.69, 9.17) is 11.6 Å². The van der Waals surface area contributed by atoms with Gasteiger partial charge in [-0.05, 0) is 33.6 Å². The van der Waals surface area contributed by atoms with Gasteiger partial charge in [-0.25, -0.2) is 19.6 Å². The van der Waals surface area contributed by atoms with Crippen LogP contribution in [0.4, 0.5) is 0 Å². The maximum atomic E-state index is 12.7. The van der Waals surface area contributed by atoms with E-state index in [9.17, 15) is 4.79 Å². The quantitative estimate of drug-likeness (QED) is 0.840. The van der Waals surface area contributed by atoms with Crippen LogP contribution in [0.15, 0.2) is 6.20 Å². The fourth-order valence-corrected chi connectivity index (χ4v) is 3.15. The molecule has 1 aliphatic rings. The molecule has 0 N–H and O–H groups in total. The van der Waals surface area contributed by atoms with Crippen molar-refractivity contribution in [1.29, 1.82) is 0 Å². The third-order valence-electron chi connectivity index (χ3n) is 4.00. The summed E-state index contributed by atoms with van der Waals surface area (Å²) in [5.74, 6) is 2.01. The highest BCUT2D eigenvalue weighted by Gasteiger charge is 2.29. The van der Waals surface area contributed by atoms with Crippen molar-refractivity contribution < 1.29 is 4.79 Å². The number of nitrogens with zero attached hydrogens (tertiary/aromatic N) is 6. The smallest absolute Gasteiger partial charge is 0.274 e. The van der Waals surface area contributed by atoms with E-state index in [0.717, 1.165) is 24.5 Å². The Morgan fingerprint density at radius 1 is 1.26 bits per heavy atom. The maximum absolute atomic E-state index is 12.7. The first-order valence-corrected chi connectivity index (χ1v) is 8.01. The number of carbonyl (C=O) groups excluding carboxylic acids is 1. The van der Waals surface area contributed by atoms with Crippen molar-refractivity contribution in [3.63, 3.8) is 0 Å². The normalized spacial score (nSPS) is 18.3. The molecule has 0 bridgehead atoms. The van der Waals surface area contributed by atoms with Gasteiger partial charge in [-0.2, -0.15) is 5.10 Å². The molecule has 1 amide bonds. The Bertz CT molecular complexity index is 744. The SMILES string of the molecule is Cc1ncc(Cl)c(C(=O)N2CCC[C@@H](n3nc(C)nc3C)C2)n1. The zero-order valence-electron chi connectivity index (χ0n) is 13.5. The summed E-state index contributed by atoms with van der Waals surface area (Å²) in [5, 5.41) is 4.74. The second-order valence-electron chi connectivity index (χ2n) is 5.81. The van der Waals surface area contributed by atoms with Gasteiger partial charge in [0, 0.05) is 13.1 Å². The fraction of sp³-hybridized carbons (Fsp3) is 0.533. The van der Waals surface area contributed by atoms with Crippen LogP contribution in [0.5, 0.6) is 0 Å². The lowest BCUT2D eigenvalue weighted by Gasteiger charge is -2.33. The molecule has 8 heteroatoms. The summed E-state index contributed by atoms with van der Waals surface area (Å²) in [7, 11) is 0. The highest BCUT2D eigenvalue weighted by Crippen LogP contribution is 2.24. The third kappa shape index (κ3) is 3.19. The Kier molecular flexibility index (Phi) is 4.30. The molecule has 3 heterocycles. The first kappa shape index (κ1) is 15.9. The molecule has 2 aromatic rings. The number of likely N-dealkylation sites (tertiary alicyclic amines) is 1. The molecular weight excluding hydrogens is 316 g/mol. The fourth-order valence-electron chi connectivity index (χ4n) is 2.98. The van der Waals surface area contributed by atoms with Crippen molar-refractivity contribution >= 4 is 17.5 Å². The summed E-state index contributed by atoms with van der Waals surface area (Å²) in [5.41, 5.74) is 0.270. The van der Waals surface area contributed by atoms with Crippen LogP contribution in [0.2, 0.25) is 5.02 Å². The van der Waals surface area contributed by atoms with Gasteiger partial charge < -0.3 is 4.90 Å². The number of hydrogen-bond donors (Lipinski definition) is 0. The van der Waals surface area contributed by atoms with Gasteiger partial charge in [0.05, 0.1) is 17.3 Å². The van der Waals surface area contributed by atoms with Crippen molar-refractivity contribution in [1.82, 2.24) is 29.6 Å². The molecule has 0 radical (unpaired) electrons. The average molecular weight is 335 g/mol. The monoisotopic (exact) mass is 334 g/mol. The van der Waals surface area contributed by atoms with E-state index < -0.39 is 0 Å². The Morgan fingerprint density at radius 2 is 2.04 bits per heavy atom. The summed E-state index contributed by atoms with van der Waals surface area (Å²) in [6.45, 7) is 6.83. The van der Waals surface area contributed by atoms with Crippen LogP contribution in [0.25, 0.3) is 0 Å². The van der Waals surface area contributed by atoms with Crippen LogP contribution in [-0.2, 0) is 0 Å². The number of piperidine rings is 1. The third-order valence-corrected chi connectivity index (χ3v) is 4.28. The van der Waals surface area contributed by atoms with Crippen molar-refractivity contribution in [2.24, 2.45) is 0 Å². The molecule has 1 atom stereocenters. The van der Waals surface area contributed by atoms with Crippen LogP contribution in [0.3, 0.4) is 0 Å². The second kappa shape index (κ2) is 6.23. The number of halogens is 1. The molecule has 7 nitrogen and oxygen atoms in total. The minimum atomic E-state index is -0.153. The zero-order chi connectivity index (χ0) is 16.6. The molecule has 0 aromatic carbocycles. The number of amides is 1. The van der Waals surface area contributed by atoms with Crippen molar-refractivity contribution in [3.8, 4) is 0 Å². The average Bonchev–Trinajstić information content (AvgIpc) is 2.88. The van der Waals surface area contributed by atoms with Crippen LogP contribution in [-0.4, -0.2) is 48.6 Å². The minimum absolute atomic E-state index is 0.135. The summed E-state index contributed by atoms with van der Waals surface area (Å²) >= 11 is 6.09. The molecule has 1 aliphatic heterocycles. The first-order chi connectivity index (χ1) is 11.0. The van der Waals surface area contributed by atoms with Crippen LogP contribution >= 0.6 is 11.6 Å². The van der Waals surface area contributed by atoms with E-state index in [1.54, 1.807) is 11.8 Å². The van der Waals surface area contributed by atoms with Gasteiger partial charge in [-0.3, -0.25) is 4.79 Å². The Labute approximate surface area is 139 Å². The molecule has 0 spiro atoms. The van der Waals surface area contributed by atoms with E-state index in [1.165, 1.54) is 6.20 Å². The van der Waals surface area contributed by atoms with Gasteiger partial charge >= 0.3 is 0 Å². The zero-order valence-corrected chi connectivity index (χ0v) is 14.2. The molecular formula is C15H19ClN6O. The molecule has 0 unspecified atom stereocenters. The van der Waals surface area contributed by atoms with E-state index >= 15 is 0 Å². The minimum Gasteiger partial charge on any atom is -0.335 e. The van der Waals surface area contributed by atoms with Crippen LogP contribution < -0.4 is 0 Å². The lowest BCUT2D eigenvalue weighted by atomic mass is 10.1. The number of aromatic nitrogens is 5. The molecule has 1 saturated heterocycles. The van der Waals surface area contributed by atoms with E-state index in [1.807, 2.05) is 18.5 Å². The van der Waals surface area contributed by atoms with Crippen LogP contribution in [0.1, 0.15) is 46.8 Å². The summed E-state index contributed by atoms with van der Waals surface area (Å²) in [6.07, 6.45) is 3.36. The van der Waals surface area contributed by atoms with Gasteiger partial charge in [-0.1, -0.05) is 11.6 Å². The summed E-state index contributed by atoms with van der Waals surface area (Å²) < 4.78 is 1.92. The predicted molar refractivity (Wildman–Crippen MR) is 85.4 cm³/mol. The molecule has 2 aromatic heterocycles. The molecule has 1 fully saturated rings. The lowest BCUT2D eigenvalue weighted by Crippen LogP contribution is -2.41. The standard InChI is InChI=1S/C15H19ClN6O/c1-9-17-7-13(16)14(19-9)15(23)21-6-4-5-12(8-21)22-11(3)18-10(2)20-22/h7,12H,4-6,8H2,1-3H3/t12-/m1/s1. The Balaban J connectivity index is 1.82. The van der Waals surface area contributed by atoms with E-state index in [-0.39, 0.29) is 22.7 Å². The highest BCUT2D eigenvalue weighted by atomic mass is 35.5. The molecule has 3 rings (SSSR count). The van der Waals surface area contributed by atoms with Gasteiger partial charge in [0.2, 0.25) is 0 Å². The Morgan fingerprint density at radius 3 is 2.74 bits per heavy atom. The van der Waals surface area contributed by atoms with Crippen molar-refractivity contribution in [3.05, 3.63) is 34.4 Å². The molecule has 122 valence electrons. The number of aryl methyl sites for hydroxylation is 3. The molecule has 0 aliphatic carbocycles. The highest BCUT2D eigenvalue weighted by molar-refractivity contribution is 6.33. The Hall–Kier alpha value is -2.02. The van der Waals surface area contributed by atoms with Gasteiger partial charge in [-0.15, -0.1) is 0 Å². The van der Waals surface area contributed by atoms with Gasteiger partial charge in [0.1, 0.15) is 17.5 Å². The summed E-state index contributed by atoms with van der Waals surface area (Å²) in [6, 6.07) is 0.135. The number of rotatable bonds is 2. The second-order valence-corrected chi connectivity index (χ2v) is 6.22.